The highest BCUT2D eigenvalue weighted by Gasteiger charge is 2.48. The fourth-order valence-corrected chi connectivity index (χ4v) is 4.68. The number of carbonyl (C=O) groups is 3. The normalized spacial score (nSPS) is 20.1. The predicted molar refractivity (Wildman–Crippen MR) is 116 cm³/mol. The number of carboxylic acid groups (broad SMARTS) is 2. The molecule has 0 bridgehead atoms. The van der Waals surface area contributed by atoms with Crippen molar-refractivity contribution >= 4 is 18.5 Å². The highest BCUT2D eigenvalue weighted by atomic mass is 17.3. The van der Waals surface area contributed by atoms with Gasteiger partial charge in [-0.15, -0.1) is 0 Å². The lowest BCUT2D eigenvalue weighted by molar-refractivity contribution is -0.252. The van der Waals surface area contributed by atoms with Crippen LogP contribution in [0.3, 0.4) is 0 Å². The Hall–Kier alpha value is -2.19. The van der Waals surface area contributed by atoms with Crippen LogP contribution in [0.4, 0.5) is 14.4 Å². The summed E-state index contributed by atoms with van der Waals surface area (Å²) in [6.45, 7) is 12.3. The first-order valence-electron chi connectivity index (χ1n) is 11.4. The largest absolute Gasteiger partial charge is 0.550 e. The Morgan fingerprint density at radius 2 is 0.844 bits per heavy atom. The molecule has 0 spiro atoms. The Morgan fingerprint density at radius 1 is 0.594 bits per heavy atom. The maximum Gasteiger partial charge on any atom is 0.550 e. The SMILES string of the molecule is CC(C)(C)C1(OC(=O)OOC(=O)OC2(C(C)(C)C)CCCCC2)CCCCC1.O=C(O)O. The van der Waals surface area contributed by atoms with Crippen LogP contribution in [0.25, 0.3) is 0 Å². The van der Waals surface area contributed by atoms with Gasteiger partial charge >= 0.3 is 18.5 Å². The highest BCUT2D eigenvalue weighted by molar-refractivity contribution is 5.64. The van der Waals surface area contributed by atoms with Gasteiger partial charge in [-0.25, -0.2) is 4.79 Å². The van der Waals surface area contributed by atoms with Crippen molar-refractivity contribution in [3.8, 4) is 0 Å². The van der Waals surface area contributed by atoms with E-state index in [1.54, 1.807) is 0 Å². The summed E-state index contributed by atoms with van der Waals surface area (Å²) < 4.78 is 11.4. The first-order valence-corrected chi connectivity index (χ1v) is 11.4. The minimum atomic E-state index is -1.83. The van der Waals surface area contributed by atoms with Gasteiger partial charge < -0.3 is 19.7 Å². The zero-order valence-corrected chi connectivity index (χ0v) is 20.3. The maximum atomic E-state index is 12.3. The van der Waals surface area contributed by atoms with Gasteiger partial charge in [0.05, 0.1) is 0 Å². The van der Waals surface area contributed by atoms with Crippen molar-refractivity contribution in [2.75, 3.05) is 0 Å². The summed E-state index contributed by atoms with van der Waals surface area (Å²) in [4.78, 5) is 42.5. The Morgan fingerprint density at radius 3 is 1.06 bits per heavy atom. The minimum absolute atomic E-state index is 0.231. The third-order valence-electron chi connectivity index (χ3n) is 6.79. The lowest BCUT2D eigenvalue weighted by Crippen LogP contribution is -2.49. The molecule has 0 radical (unpaired) electrons. The van der Waals surface area contributed by atoms with E-state index in [-0.39, 0.29) is 10.8 Å². The van der Waals surface area contributed by atoms with Gasteiger partial charge in [-0.3, -0.25) is 0 Å². The fourth-order valence-electron chi connectivity index (χ4n) is 4.68. The summed E-state index contributed by atoms with van der Waals surface area (Å²) in [7, 11) is 0. The van der Waals surface area contributed by atoms with Gasteiger partial charge in [0.25, 0.3) is 0 Å². The van der Waals surface area contributed by atoms with E-state index >= 15 is 0 Å². The van der Waals surface area contributed by atoms with E-state index in [0.717, 1.165) is 64.2 Å². The van der Waals surface area contributed by atoms with E-state index in [0.29, 0.717) is 0 Å². The lowest BCUT2D eigenvalue weighted by atomic mass is 9.68. The van der Waals surface area contributed by atoms with Crippen LogP contribution in [-0.4, -0.2) is 39.9 Å². The molecule has 0 aromatic carbocycles. The molecule has 2 fully saturated rings. The molecule has 0 atom stereocenters. The molecule has 0 saturated heterocycles. The Kier molecular flexibility index (Phi) is 9.66. The summed E-state index contributed by atoms with van der Waals surface area (Å²) >= 11 is 0. The predicted octanol–water partition coefficient (Wildman–Crippen LogP) is 6.93. The van der Waals surface area contributed by atoms with Crippen LogP contribution in [0, 0.1) is 10.8 Å². The molecular weight excluding hydrogens is 420 g/mol. The molecule has 0 aromatic rings. The van der Waals surface area contributed by atoms with Gasteiger partial charge in [-0.1, -0.05) is 54.4 Å². The van der Waals surface area contributed by atoms with Crippen LogP contribution >= 0.6 is 0 Å². The third kappa shape index (κ3) is 7.74. The molecule has 9 nitrogen and oxygen atoms in total. The van der Waals surface area contributed by atoms with Gasteiger partial charge in [0.15, 0.2) is 0 Å². The molecule has 32 heavy (non-hydrogen) atoms. The molecule has 2 rings (SSSR count). The summed E-state index contributed by atoms with van der Waals surface area (Å²) in [5, 5.41) is 13.9. The van der Waals surface area contributed by atoms with Crippen LogP contribution in [0.2, 0.25) is 0 Å². The standard InChI is InChI=1S/C22H38O6.CH2O3/c1-19(2,3)21(13-9-7-10-14-21)25-17(23)27-28-18(24)26-22(20(4,5)6)15-11-8-12-16-22;2-1(3)4/h7-16H2,1-6H3;(H2,2,3,4). The zero-order valence-electron chi connectivity index (χ0n) is 20.3. The Balaban J connectivity index is 0.00000118. The maximum absolute atomic E-state index is 12.3. The van der Waals surface area contributed by atoms with Crippen molar-refractivity contribution < 1.29 is 43.8 Å². The number of ether oxygens (including phenoxy) is 2. The molecule has 2 aliphatic rings. The monoisotopic (exact) mass is 460 g/mol. The van der Waals surface area contributed by atoms with Crippen molar-refractivity contribution in [3.63, 3.8) is 0 Å². The molecule has 9 heteroatoms. The fraction of sp³-hybridized carbons (Fsp3) is 0.870. The zero-order chi connectivity index (χ0) is 24.6. The second-order valence-corrected chi connectivity index (χ2v) is 10.8. The van der Waals surface area contributed by atoms with E-state index in [1.807, 2.05) is 0 Å². The van der Waals surface area contributed by atoms with Gasteiger partial charge in [0.1, 0.15) is 11.2 Å². The summed E-state index contributed by atoms with van der Waals surface area (Å²) in [5.41, 5.74) is -1.67. The van der Waals surface area contributed by atoms with Crippen LogP contribution in [0.1, 0.15) is 106 Å². The molecule has 2 N–H and O–H groups in total. The van der Waals surface area contributed by atoms with E-state index < -0.39 is 29.7 Å². The van der Waals surface area contributed by atoms with Crippen LogP contribution in [0.5, 0.6) is 0 Å². The molecule has 0 heterocycles. The van der Waals surface area contributed by atoms with E-state index in [9.17, 15) is 9.59 Å². The number of hydrogen-bond donors (Lipinski definition) is 2. The average molecular weight is 461 g/mol. The second kappa shape index (κ2) is 11.1. The topological polar surface area (TPSA) is 129 Å². The summed E-state index contributed by atoms with van der Waals surface area (Å²) in [5.74, 6) is 0. The van der Waals surface area contributed by atoms with Gasteiger partial charge in [0.2, 0.25) is 0 Å². The number of carbonyl (C=O) groups excluding carboxylic acids is 2. The van der Waals surface area contributed by atoms with Gasteiger partial charge in [0, 0.05) is 10.8 Å². The number of rotatable bonds is 2. The quantitative estimate of drug-likeness (QED) is 0.256. The first-order chi connectivity index (χ1) is 14.6. The van der Waals surface area contributed by atoms with Crippen LogP contribution in [0.15, 0.2) is 0 Å². The summed E-state index contributed by atoms with van der Waals surface area (Å²) in [6.07, 6.45) is 5.59. The molecule has 0 amide bonds. The van der Waals surface area contributed by atoms with E-state index in [2.05, 4.69) is 41.5 Å². The van der Waals surface area contributed by atoms with Crippen molar-refractivity contribution in [1.82, 2.24) is 0 Å². The molecule has 2 saturated carbocycles. The minimum Gasteiger partial charge on any atom is -0.450 e. The lowest BCUT2D eigenvalue weighted by Gasteiger charge is -2.46. The molecule has 186 valence electrons. The van der Waals surface area contributed by atoms with Crippen molar-refractivity contribution in [3.05, 3.63) is 0 Å². The van der Waals surface area contributed by atoms with Crippen LogP contribution < -0.4 is 0 Å². The second-order valence-electron chi connectivity index (χ2n) is 10.8. The Bertz CT molecular complexity index is 577. The molecule has 2 aliphatic carbocycles. The Labute approximate surface area is 190 Å². The van der Waals surface area contributed by atoms with E-state index in [1.165, 1.54) is 0 Å². The molecule has 0 aliphatic heterocycles. The number of hydrogen-bond acceptors (Lipinski definition) is 7. The summed E-state index contributed by atoms with van der Waals surface area (Å²) in [6, 6.07) is 0. The van der Waals surface area contributed by atoms with E-state index in [4.69, 9.17) is 34.3 Å². The average Bonchev–Trinajstić information content (AvgIpc) is 2.66. The van der Waals surface area contributed by atoms with Crippen molar-refractivity contribution in [2.24, 2.45) is 10.8 Å². The van der Waals surface area contributed by atoms with Crippen molar-refractivity contribution in [1.29, 1.82) is 0 Å². The smallest absolute Gasteiger partial charge is 0.450 e. The van der Waals surface area contributed by atoms with Crippen molar-refractivity contribution in [2.45, 2.75) is 117 Å². The molecule has 0 aromatic heterocycles. The molecule has 0 unspecified atom stereocenters. The molecular formula is C23H40O9. The van der Waals surface area contributed by atoms with Gasteiger partial charge in [-0.2, -0.15) is 19.4 Å². The highest BCUT2D eigenvalue weighted by Crippen LogP contribution is 2.46. The first kappa shape index (κ1) is 27.8. The third-order valence-corrected chi connectivity index (χ3v) is 6.79. The van der Waals surface area contributed by atoms with Gasteiger partial charge in [-0.05, 0) is 51.4 Å². The van der Waals surface area contributed by atoms with Crippen LogP contribution in [-0.2, 0) is 19.2 Å².